The Morgan fingerprint density at radius 1 is 0.846 bits per heavy atom. The molecule has 0 amide bonds. The van der Waals surface area contributed by atoms with Crippen molar-refractivity contribution in [1.29, 1.82) is 0 Å². The van der Waals surface area contributed by atoms with Gasteiger partial charge < -0.3 is 0 Å². The molecular weight excluding hydrogens is 354 g/mol. The Morgan fingerprint density at radius 3 is 2.04 bits per heavy atom. The lowest BCUT2D eigenvalue weighted by Crippen LogP contribution is -1.89. The number of hydrogen-bond acceptors (Lipinski definition) is 2. The summed E-state index contributed by atoms with van der Waals surface area (Å²) >= 11 is 5.43. The quantitative estimate of drug-likeness (QED) is 0.204. The molecule has 2 nitrogen and oxygen atoms in total. The highest BCUT2D eigenvalue weighted by Crippen LogP contribution is 2.19. The molecule has 0 saturated carbocycles. The predicted molar refractivity (Wildman–Crippen MR) is 105 cm³/mol. The van der Waals surface area contributed by atoms with E-state index in [1.54, 1.807) is 6.21 Å². The number of benzene rings is 2. The molecule has 0 spiro atoms. The molecule has 0 bridgehead atoms. The van der Waals surface area contributed by atoms with Crippen molar-refractivity contribution >= 4 is 24.0 Å². The second-order valence-electron chi connectivity index (χ2n) is 6.19. The summed E-state index contributed by atoms with van der Waals surface area (Å²) in [5, 5.41) is 7.21. The van der Waals surface area contributed by atoms with Crippen molar-refractivity contribution in [3.05, 3.63) is 69.7 Å². The van der Waals surface area contributed by atoms with Gasteiger partial charge in [-0.05, 0) is 36.1 Å². The van der Waals surface area contributed by atoms with Crippen LogP contribution in [0.15, 0.2) is 46.6 Å². The maximum atomic E-state index is 13.3. The Hall–Kier alpha value is -2.07. The maximum absolute atomic E-state index is 13.3. The standard InChI is InChI=1S/C21H23ClF2N2/c1-2-3-4-5-6-7-16-8-10-17(11-9-16)14-25-26-15-18-12-19(23)21(22)20(24)13-18/h8-15H,2-7H2,1H3/b25-14+,26-15+. The number of nitrogens with zero attached hydrogens (tertiary/aromatic N) is 2. The first-order valence-electron chi connectivity index (χ1n) is 8.90. The van der Waals surface area contributed by atoms with E-state index in [4.69, 9.17) is 11.6 Å². The third-order valence-corrected chi connectivity index (χ3v) is 4.40. The summed E-state index contributed by atoms with van der Waals surface area (Å²) in [5.41, 5.74) is 2.50. The molecule has 5 heteroatoms. The fourth-order valence-corrected chi connectivity index (χ4v) is 2.66. The molecule has 26 heavy (non-hydrogen) atoms. The smallest absolute Gasteiger partial charge is 0.145 e. The van der Waals surface area contributed by atoms with E-state index >= 15 is 0 Å². The second kappa shape index (κ2) is 10.8. The van der Waals surface area contributed by atoms with E-state index in [0.29, 0.717) is 0 Å². The zero-order chi connectivity index (χ0) is 18.8. The molecule has 138 valence electrons. The van der Waals surface area contributed by atoms with Gasteiger partial charge in [-0.15, -0.1) is 0 Å². The fourth-order valence-electron chi connectivity index (χ4n) is 2.55. The minimum atomic E-state index is -0.817. The van der Waals surface area contributed by atoms with Gasteiger partial charge in [-0.25, -0.2) is 8.78 Å². The third-order valence-electron chi connectivity index (χ3n) is 4.04. The summed E-state index contributed by atoms with van der Waals surface area (Å²) in [7, 11) is 0. The molecule has 2 rings (SSSR count). The van der Waals surface area contributed by atoms with E-state index in [1.165, 1.54) is 43.9 Å². The van der Waals surface area contributed by atoms with Crippen LogP contribution < -0.4 is 0 Å². The van der Waals surface area contributed by atoms with Crippen molar-refractivity contribution in [3.63, 3.8) is 0 Å². The summed E-state index contributed by atoms with van der Waals surface area (Å²) in [6.45, 7) is 2.22. The molecule has 0 aliphatic rings. The summed E-state index contributed by atoms with van der Waals surface area (Å²) < 4.78 is 26.7. The molecule has 0 N–H and O–H groups in total. The van der Waals surface area contributed by atoms with Crippen LogP contribution in [-0.2, 0) is 6.42 Å². The van der Waals surface area contributed by atoms with Crippen LogP contribution in [0.1, 0.15) is 55.7 Å². The van der Waals surface area contributed by atoms with Crippen LogP contribution in [0.2, 0.25) is 5.02 Å². The molecule has 0 aliphatic heterocycles. The Labute approximate surface area is 158 Å². The molecule has 0 aliphatic carbocycles. The van der Waals surface area contributed by atoms with Crippen molar-refractivity contribution in [3.8, 4) is 0 Å². The van der Waals surface area contributed by atoms with Crippen LogP contribution >= 0.6 is 11.6 Å². The molecule has 0 aromatic heterocycles. The van der Waals surface area contributed by atoms with Crippen molar-refractivity contribution in [1.82, 2.24) is 0 Å². The van der Waals surface area contributed by atoms with Crippen LogP contribution in [0.3, 0.4) is 0 Å². The van der Waals surface area contributed by atoms with E-state index in [0.717, 1.165) is 24.1 Å². The van der Waals surface area contributed by atoms with Gasteiger partial charge in [0.2, 0.25) is 0 Å². The highest BCUT2D eigenvalue weighted by atomic mass is 35.5. The Balaban J connectivity index is 1.84. The number of halogens is 3. The number of unbranched alkanes of at least 4 members (excludes halogenated alkanes) is 4. The maximum Gasteiger partial charge on any atom is 0.145 e. The first-order valence-corrected chi connectivity index (χ1v) is 9.28. The molecule has 0 saturated heterocycles. The number of aryl methyl sites for hydroxylation is 1. The van der Waals surface area contributed by atoms with Gasteiger partial charge in [0.15, 0.2) is 0 Å². The normalized spacial score (nSPS) is 11.7. The van der Waals surface area contributed by atoms with E-state index in [9.17, 15) is 8.78 Å². The summed E-state index contributed by atoms with van der Waals surface area (Å²) in [6.07, 6.45) is 10.3. The van der Waals surface area contributed by atoms with Crippen LogP contribution in [0.5, 0.6) is 0 Å². The topological polar surface area (TPSA) is 24.7 Å². The zero-order valence-corrected chi connectivity index (χ0v) is 15.6. The first kappa shape index (κ1) is 20.2. The molecule has 0 fully saturated rings. The Bertz CT molecular complexity index is 732. The Morgan fingerprint density at radius 2 is 1.42 bits per heavy atom. The molecule has 0 unspecified atom stereocenters. The van der Waals surface area contributed by atoms with Gasteiger partial charge in [0.05, 0.1) is 12.4 Å². The van der Waals surface area contributed by atoms with Crippen molar-refractivity contribution in [2.75, 3.05) is 0 Å². The van der Waals surface area contributed by atoms with Gasteiger partial charge >= 0.3 is 0 Å². The van der Waals surface area contributed by atoms with Gasteiger partial charge in [-0.1, -0.05) is 68.5 Å². The lowest BCUT2D eigenvalue weighted by Gasteiger charge is -2.02. The van der Waals surface area contributed by atoms with Gasteiger partial charge in [0.25, 0.3) is 0 Å². The molecule has 0 atom stereocenters. The SMILES string of the molecule is CCCCCCCc1ccc(/C=N/N=C/c2cc(F)c(Cl)c(F)c2)cc1. The van der Waals surface area contributed by atoms with Crippen molar-refractivity contribution in [2.45, 2.75) is 45.4 Å². The molecule has 0 radical (unpaired) electrons. The van der Waals surface area contributed by atoms with E-state index < -0.39 is 16.7 Å². The minimum Gasteiger partial charge on any atom is -0.205 e. The average molecular weight is 377 g/mol. The molecule has 0 heterocycles. The monoisotopic (exact) mass is 376 g/mol. The van der Waals surface area contributed by atoms with Crippen molar-refractivity contribution in [2.24, 2.45) is 10.2 Å². The summed E-state index contributed by atoms with van der Waals surface area (Å²) in [6, 6.07) is 10.4. The van der Waals surface area contributed by atoms with E-state index in [-0.39, 0.29) is 5.56 Å². The first-order chi connectivity index (χ1) is 12.6. The van der Waals surface area contributed by atoms with E-state index in [1.807, 2.05) is 12.1 Å². The average Bonchev–Trinajstić information content (AvgIpc) is 2.64. The largest absolute Gasteiger partial charge is 0.205 e. The Kier molecular flexibility index (Phi) is 8.42. The van der Waals surface area contributed by atoms with Crippen LogP contribution in [0.25, 0.3) is 0 Å². The van der Waals surface area contributed by atoms with Crippen LogP contribution in [-0.4, -0.2) is 12.4 Å². The van der Waals surface area contributed by atoms with Gasteiger partial charge in [-0.3, -0.25) is 0 Å². The predicted octanol–water partition coefficient (Wildman–Crippen LogP) is 6.58. The lowest BCUT2D eigenvalue weighted by atomic mass is 10.0. The minimum absolute atomic E-state index is 0.264. The third kappa shape index (κ3) is 6.68. The fraction of sp³-hybridized carbons (Fsp3) is 0.333. The number of rotatable bonds is 9. The highest BCUT2D eigenvalue weighted by molar-refractivity contribution is 6.30. The van der Waals surface area contributed by atoms with Crippen molar-refractivity contribution < 1.29 is 8.78 Å². The van der Waals surface area contributed by atoms with Gasteiger partial charge in [0, 0.05) is 5.56 Å². The molecular formula is C21H23ClF2N2. The molecule has 2 aromatic rings. The van der Waals surface area contributed by atoms with Crippen LogP contribution in [0, 0.1) is 11.6 Å². The van der Waals surface area contributed by atoms with Gasteiger partial charge in [0.1, 0.15) is 16.7 Å². The molecule has 2 aromatic carbocycles. The van der Waals surface area contributed by atoms with Gasteiger partial charge in [-0.2, -0.15) is 10.2 Å². The highest BCUT2D eigenvalue weighted by Gasteiger charge is 2.07. The second-order valence-corrected chi connectivity index (χ2v) is 6.57. The zero-order valence-electron chi connectivity index (χ0n) is 14.9. The van der Waals surface area contributed by atoms with E-state index in [2.05, 4.69) is 29.3 Å². The summed E-state index contributed by atoms with van der Waals surface area (Å²) in [5.74, 6) is -1.63. The summed E-state index contributed by atoms with van der Waals surface area (Å²) in [4.78, 5) is 0. The van der Waals surface area contributed by atoms with Crippen LogP contribution in [0.4, 0.5) is 8.78 Å². The number of hydrogen-bond donors (Lipinski definition) is 0. The lowest BCUT2D eigenvalue weighted by molar-refractivity contribution is 0.584.